The molecule has 8 atom stereocenters. The number of unbranched alkanes of at least 4 members (excludes halogenated alkanes) is 6. The van der Waals surface area contributed by atoms with Crippen molar-refractivity contribution in [2.45, 2.75) is 241 Å². The second kappa shape index (κ2) is 34.2. The van der Waals surface area contributed by atoms with Crippen molar-refractivity contribution in [3.05, 3.63) is 0 Å². The standard InChI is InChI=1S/C53H93N7O13/c1-30(2)20-18-16-14-13-15-17-19-21-36-28-43(61)54-37(22-23-44(62)63)47(66)55-38(24-31(3)4)48(67)57-40(26-33(7)8)51(70)60-46(35(11)12)52(71)58-41(29-45(64)65)50(69)56-39(25-32(5)6)49(68)59-42(27-34(9)10)53(72)73-36/h30-42,46H,13-29H2,1-12H3,(H,54,61)(H,55,66)(H,56,69)(H,57,67)(H,58,71)(H,59,68)(H,60,70)(H,62,63)(H,64,65)/t36?,37-,38-,39+,40+,41-,42-,46-/m0/s1. The van der Waals surface area contributed by atoms with Gasteiger partial charge in [-0.3, -0.25) is 43.2 Å². The summed E-state index contributed by atoms with van der Waals surface area (Å²) in [7, 11) is 0. The Bertz CT molecular complexity index is 1800. The number of carbonyl (C=O) groups excluding carboxylic acids is 8. The van der Waals surface area contributed by atoms with Gasteiger partial charge in [-0.15, -0.1) is 0 Å². The van der Waals surface area contributed by atoms with Gasteiger partial charge in [0.25, 0.3) is 0 Å². The highest BCUT2D eigenvalue weighted by Gasteiger charge is 2.37. The highest BCUT2D eigenvalue weighted by atomic mass is 16.5. The number of rotatable bonds is 24. The van der Waals surface area contributed by atoms with Crippen molar-refractivity contribution in [1.82, 2.24) is 37.2 Å². The van der Waals surface area contributed by atoms with Crippen molar-refractivity contribution in [2.24, 2.45) is 35.5 Å². The molecular weight excluding hydrogens is 943 g/mol. The van der Waals surface area contributed by atoms with Crippen LogP contribution in [0.4, 0.5) is 0 Å². The van der Waals surface area contributed by atoms with Gasteiger partial charge in [0.15, 0.2) is 0 Å². The lowest BCUT2D eigenvalue weighted by atomic mass is 9.98. The predicted octanol–water partition coefficient (Wildman–Crippen LogP) is 5.04. The van der Waals surface area contributed by atoms with Crippen LogP contribution < -0.4 is 37.2 Å². The van der Waals surface area contributed by atoms with Gasteiger partial charge >= 0.3 is 17.9 Å². The number of ether oxygens (including phenoxy) is 1. The van der Waals surface area contributed by atoms with E-state index < -0.39 is 133 Å². The largest absolute Gasteiger partial charge is 0.481 e. The smallest absolute Gasteiger partial charge is 0.328 e. The second-order valence-corrected chi connectivity index (χ2v) is 22.4. The molecule has 0 saturated carbocycles. The summed E-state index contributed by atoms with van der Waals surface area (Å²) < 4.78 is 6.04. The van der Waals surface area contributed by atoms with Gasteiger partial charge in [-0.1, -0.05) is 128 Å². The van der Waals surface area contributed by atoms with Crippen molar-refractivity contribution >= 4 is 59.3 Å². The molecule has 1 rings (SSSR count). The molecule has 0 bridgehead atoms. The van der Waals surface area contributed by atoms with Gasteiger partial charge in [0.05, 0.1) is 12.8 Å². The molecule has 0 spiro atoms. The molecule has 1 unspecified atom stereocenters. The van der Waals surface area contributed by atoms with E-state index in [0.717, 1.165) is 44.9 Å². The number of hydrogen-bond donors (Lipinski definition) is 9. The summed E-state index contributed by atoms with van der Waals surface area (Å²) in [4.78, 5) is 137. The van der Waals surface area contributed by atoms with Crippen LogP contribution in [0, 0.1) is 35.5 Å². The van der Waals surface area contributed by atoms with Crippen molar-refractivity contribution in [3.63, 3.8) is 0 Å². The minimum Gasteiger partial charge on any atom is -0.481 e. The van der Waals surface area contributed by atoms with E-state index in [-0.39, 0.29) is 62.2 Å². The number of carbonyl (C=O) groups is 10. The maximum absolute atomic E-state index is 14.2. The summed E-state index contributed by atoms with van der Waals surface area (Å²) in [5.74, 6) is -10.1. The van der Waals surface area contributed by atoms with Crippen LogP contribution >= 0.6 is 0 Å². The first-order chi connectivity index (χ1) is 34.1. The molecule has 9 N–H and O–H groups in total. The number of hydrogen-bond acceptors (Lipinski definition) is 11. The molecule has 1 heterocycles. The average molecular weight is 1040 g/mol. The van der Waals surface area contributed by atoms with Crippen molar-refractivity contribution < 1.29 is 62.9 Å². The lowest BCUT2D eigenvalue weighted by Crippen LogP contribution is -2.61. The average Bonchev–Trinajstić information content (AvgIpc) is 3.26. The second-order valence-electron chi connectivity index (χ2n) is 22.4. The Morgan fingerprint density at radius 1 is 0.452 bits per heavy atom. The number of esters is 1. The van der Waals surface area contributed by atoms with Crippen LogP contribution in [0.3, 0.4) is 0 Å². The Morgan fingerprint density at radius 3 is 1.29 bits per heavy atom. The monoisotopic (exact) mass is 1040 g/mol. The summed E-state index contributed by atoms with van der Waals surface area (Å²) in [6.07, 6.45) is 5.02. The third-order valence-electron chi connectivity index (χ3n) is 12.4. The van der Waals surface area contributed by atoms with Crippen molar-refractivity contribution in [3.8, 4) is 0 Å². The van der Waals surface area contributed by atoms with E-state index in [1.54, 1.807) is 55.4 Å². The Balaban J connectivity index is 3.95. The van der Waals surface area contributed by atoms with E-state index in [4.69, 9.17) is 4.74 Å². The van der Waals surface area contributed by atoms with Crippen LogP contribution in [0.5, 0.6) is 0 Å². The molecule has 418 valence electrons. The van der Waals surface area contributed by atoms with E-state index in [1.165, 1.54) is 0 Å². The number of carboxylic acid groups (broad SMARTS) is 2. The maximum atomic E-state index is 14.2. The van der Waals surface area contributed by atoms with Gasteiger partial charge in [0, 0.05) is 6.42 Å². The minimum atomic E-state index is -1.72. The lowest BCUT2D eigenvalue weighted by Gasteiger charge is -2.29. The molecule has 20 nitrogen and oxygen atoms in total. The van der Waals surface area contributed by atoms with E-state index in [1.807, 2.05) is 13.8 Å². The highest BCUT2D eigenvalue weighted by Crippen LogP contribution is 2.19. The Hall–Kier alpha value is -5.30. The predicted molar refractivity (Wildman–Crippen MR) is 276 cm³/mol. The van der Waals surface area contributed by atoms with Gasteiger partial charge in [-0.25, -0.2) is 4.79 Å². The number of nitrogens with one attached hydrogen (secondary N) is 7. The third-order valence-corrected chi connectivity index (χ3v) is 12.4. The first kappa shape index (κ1) is 65.7. The van der Waals surface area contributed by atoms with Crippen LogP contribution in [0.2, 0.25) is 0 Å². The number of carboxylic acids is 2. The molecule has 7 amide bonds. The van der Waals surface area contributed by atoms with Crippen molar-refractivity contribution in [2.75, 3.05) is 0 Å². The number of cyclic esters (lactones) is 1. The van der Waals surface area contributed by atoms with E-state index >= 15 is 0 Å². The molecule has 20 heteroatoms. The molecule has 1 aliphatic heterocycles. The zero-order valence-electron chi connectivity index (χ0n) is 46.0. The zero-order chi connectivity index (χ0) is 55.5. The molecule has 0 aromatic carbocycles. The van der Waals surface area contributed by atoms with Crippen molar-refractivity contribution in [1.29, 1.82) is 0 Å². The van der Waals surface area contributed by atoms with Gasteiger partial charge in [0.1, 0.15) is 48.4 Å². The zero-order valence-corrected chi connectivity index (χ0v) is 46.0. The molecule has 0 aliphatic carbocycles. The topological polar surface area (TPSA) is 305 Å². The van der Waals surface area contributed by atoms with E-state index in [9.17, 15) is 58.2 Å². The summed E-state index contributed by atoms with van der Waals surface area (Å²) in [6, 6.07) is -9.64. The number of aliphatic carboxylic acids is 2. The van der Waals surface area contributed by atoms with Gasteiger partial charge < -0.3 is 52.2 Å². The van der Waals surface area contributed by atoms with E-state index in [0.29, 0.717) is 12.3 Å². The van der Waals surface area contributed by atoms with Crippen LogP contribution in [0.15, 0.2) is 0 Å². The fraction of sp³-hybridized carbons (Fsp3) is 0.811. The minimum absolute atomic E-state index is 0.0393. The Labute approximate surface area is 434 Å². The normalized spacial score (nSPS) is 24.0. The third kappa shape index (κ3) is 28.1. The van der Waals surface area contributed by atoms with Crippen LogP contribution in [-0.4, -0.2) is 118 Å². The highest BCUT2D eigenvalue weighted by molar-refractivity contribution is 5.98. The molecule has 1 aliphatic rings. The van der Waals surface area contributed by atoms with Gasteiger partial charge in [-0.05, 0) is 80.5 Å². The van der Waals surface area contributed by atoms with E-state index in [2.05, 4.69) is 51.1 Å². The summed E-state index contributed by atoms with van der Waals surface area (Å²) >= 11 is 0. The Kier molecular flexibility index (Phi) is 30.8. The molecule has 1 saturated heterocycles. The molecule has 0 aromatic rings. The molecule has 0 aromatic heterocycles. The quantitative estimate of drug-likeness (QED) is 0.0453. The van der Waals surface area contributed by atoms with Gasteiger partial charge in [0.2, 0.25) is 41.4 Å². The SMILES string of the molecule is CC(C)CCCCCCCCCC1CC(=O)N[C@@H](CCC(=O)O)C(=O)N[C@@H](CC(C)C)C(=O)N[C@H](CC(C)C)C(=O)N[C@@H](C(C)C)C(=O)N[C@@H](CC(=O)O)C(=O)N[C@H](CC(C)C)C(=O)N[C@@H](CC(C)C)C(=O)O1. The molecule has 0 radical (unpaired) electrons. The summed E-state index contributed by atoms with van der Waals surface area (Å²) in [6.45, 7) is 22.0. The molecule has 73 heavy (non-hydrogen) atoms. The fourth-order valence-corrected chi connectivity index (χ4v) is 8.57. The van der Waals surface area contributed by atoms with Crippen LogP contribution in [0.1, 0.15) is 192 Å². The molecular formula is C53H93N7O13. The number of amides is 7. The first-order valence-electron chi connectivity index (χ1n) is 26.8. The lowest BCUT2D eigenvalue weighted by molar-refractivity contribution is -0.155. The summed E-state index contributed by atoms with van der Waals surface area (Å²) in [5, 5.41) is 37.9. The fourth-order valence-electron chi connectivity index (χ4n) is 8.57. The maximum Gasteiger partial charge on any atom is 0.328 e. The first-order valence-corrected chi connectivity index (χ1v) is 26.8. The summed E-state index contributed by atoms with van der Waals surface area (Å²) in [5.41, 5.74) is 0. The van der Waals surface area contributed by atoms with Crippen LogP contribution in [0.25, 0.3) is 0 Å². The Morgan fingerprint density at radius 2 is 0.849 bits per heavy atom. The molecule has 1 fully saturated rings. The van der Waals surface area contributed by atoms with Crippen LogP contribution in [-0.2, 0) is 52.7 Å². The van der Waals surface area contributed by atoms with Gasteiger partial charge in [-0.2, -0.15) is 0 Å².